The fraction of sp³-hybridized carbons (Fsp3) is 0.545. The van der Waals surface area contributed by atoms with Gasteiger partial charge in [0.25, 0.3) is 0 Å². The highest BCUT2D eigenvalue weighted by molar-refractivity contribution is 7.89. The fourth-order valence-electron chi connectivity index (χ4n) is 1.42. The summed E-state index contributed by atoms with van der Waals surface area (Å²) in [6.45, 7) is 2.79. The molecule has 1 aromatic heterocycles. The quantitative estimate of drug-likeness (QED) is 0.544. The number of carbonyl (C=O) groups excluding carboxylic acids is 1. The van der Waals surface area contributed by atoms with Crippen LogP contribution in [-0.4, -0.2) is 37.4 Å². The number of anilines is 1. The first-order valence-corrected chi connectivity index (χ1v) is 7.78. The van der Waals surface area contributed by atoms with Gasteiger partial charge >= 0.3 is 0 Å². The van der Waals surface area contributed by atoms with Crippen LogP contribution in [0, 0.1) is 0 Å². The van der Waals surface area contributed by atoms with Crippen LogP contribution in [0.15, 0.2) is 17.3 Å². The SMILES string of the molecule is CCNc1ncc(S(=O)(=O)NCCCCC(N)=O)cn1. The molecule has 0 saturated heterocycles. The van der Waals surface area contributed by atoms with E-state index >= 15 is 0 Å². The summed E-state index contributed by atoms with van der Waals surface area (Å²) in [5.74, 6) is -0.00632. The van der Waals surface area contributed by atoms with Crippen molar-refractivity contribution in [1.29, 1.82) is 0 Å². The molecule has 0 bridgehead atoms. The zero-order chi connectivity index (χ0) is 15.0. The van der Waals surface area contributed by atoms with Gasteiger partial charge in [-0.15, -0.1) is 0 Å². The van der Waals surface area contributed by atoms with Crippen LogP contribution in [0.1, 0.15) is 26.2 Å². The highest BCUT2D eigenvalue weighted by atomic mass is 32.2. The summed E-state index contributed by atoms with van der Waals surface area (Å²) >= 11 is 0. The van der Waals surface area contributed by atoms with Gasteiger partial charge in [0.15, 0.2) is 0 Å². The van der Waals surface area contributed by atoms with E-state index in [2.05, 4.69) is 20.0 Å². The number of primary amides is 1. The summed E-state index contributed by atoms with van der Waals surface area (Å²) in [4.78, 5) is 18.3. The van der Waals surface area contributed by atoms with E-state index in [-0.39, 0.29) is 23.8 Å². The number of nitrogens with two attached hydrogens (primary N) is 1. The highest BCUT2D eigenvalue weighted by Gasteiger charge is 2.14. The van der Waals surface area contributed by atoms with Crippen molar-refractivity contribution in [3.05, 3.63) is 12.4 Å². The second-order valence-electron chi connectivity index (χ2n) is 4.09. The van der Waals surface area contributed by atoms with Crippen LogP contribution in [-0.2, 0) is 14.8 Å². The van der Waals surface area contributed by atoms with Crippen LogP contribution >= 0.6 is 0 Å². The molecule has 0 aromatic carbocycles. The molecule has 0 aliphatic heterocycles. The lowest BCUT2D eigenvalue weighted by molar-refractivity contribution is -0.118. The van der Waals surface area contributed by atoms with Crippen molar-refractivity contribution in [3.8, 4) is 0 Å². The maximum absolute atomic E-state index is 11.9. The van der Waals surface area contributed by atoms with E-state index in [9.17, 15) is 13.2 Å². The van der Waals surface area contributed by atoms with E-state index in [0.717, 1.165) is 0 Å². The van der Waals surface area contributed by atoms with Gasteiger partial charge in [-0.25, -0.2) is 23.1 Å². The zero-order valence-corrected chi connectivity index (χ0v) is 12.1. The molecule has 1 heterocycles. The molecule has 0 radical (unpaired) electrons. The smallest absolute Gasteiger partial charge is 0.243 e. The summed E-state index contributed by atoms with van der Waals surface area (Å²) in [5, 5.41) is 2.88. The molecule has 1 rings (SSSR count). The molecule has 0 saturated carbocycles. The second-order valence-corrected chi connectivity index (χ2v) is 5.86. The third-order valence-electron chi connectivity index (χ3n) is 2.42. The van der Waals surface area contributed by atoms with Gasteiger partial charge < -0.3 is 11.1 Å². The van der Waals surface area contributed by atoms with Crippen molar-refractivity contribution in [2.45, 2.75) is 31.1 Å². The molecule has 8 nitrogen and oxygen atoms in total. The molecule has 0 atom stereocenters. The Morgan fingerprint density at radius 2 is 1.95 bits per heavy atom. The first kappa shape index (κ1) is 16.3. The normalized spacial score (nSPS) is 11.2. The topological polar surface area (TPSA) is 127 Å². The van der Waals surface area contributed by atoms with Crippen LogP contribution in [0.4, 0.5) is 5.95 Å². The predicted molar refractivity (Wildman–Crippen MR) is 74.4 cm³/mol. The average molecular weight is 301 g/mol. The van der Waals surface area contributed by atoms with Gasteiger partial charge in [-0.05, 0) is 19.8 Å². The molecule has 0 fully saturated rings. The summed E-state index contributed by atoms with van der Waals surface area (Å²) in [6, 6.07) is 0. The fourth-order valence-corrected chi connectivity index (χ4v) is 2.38. The number of nitrogens with one attached hydrogen (secondary N) is 2. The summed E-state index contributed by atoms with van der Waals surface area (Å²) in [6.07, 6.45) is 3.84. The Morgan fingerprint density at radius 1 is 1.30 bits per heavy atom. The van der Waals surface area contributed by atoms with Gasteiger partial charge in [0.1, 0.15) is 4.90 Å². The van der Waals surface area contributed by atoms with E-state index in [1.165, 1.54) is 12.4 Å². The zero-order valence-electron chi connectivity index (χ0n) is 11.3. The third kappa shape index (κ3) is 5.49. The van der Waals surface area contributed by atoms with Crippen molar-refractivity contribution in [1.82, 2.24) is 14.7 Å². The molecule has 0 aliphatic carbocycles. The van der Waals surface area contributed by atoms with Crippen molar-refractivity contribution < 1.29 is 13.2 Å². The second kappa shape index (κ2) is 7.75. The maximum atomic E-state index is 11.9. The molecule has 4 N–H and O–H groups in total. The van der Waals surface area contributed by atoms with Gasteiger partial charge in [-0.2, -0.15) is 0 Å². The van der Waals surface area contributed by atoms with Gasteiger partial charge in [-0.3, -0.25) is 4.79 Å². The number of aromatic nitrogens is 2. The Balaban J connectivity index is 2.49. The van der Waals surface area contributed by atoms with E-state index in [4.69, 9.17) is 5.73 Å². The van der Waals surface area contributed by atoms with Crippen LogP contribution in [0.3, 0.4) is 0 Å². The third-order valence-corrected chi connectivity index (χ3v) is 3.83. The minimum absolute atomic E-state index is 0.00838. The lowest BCUT2D eigenvalue weighted by Crippen LogP contribution is -2.25. The first-order valence-electron chi connectivity index (χ1n) is 6.29. The lowest BCUT2D eigenvalue weighted by atomic mass is 10.2. The molecule has 9 heteroatoms. The largest absolute Gasteiger partial charge is 0.370 e. The minimum atomic E-state index is -3.61. The Morgan fingerprint density at radius 3 is 2.50 bits per heavy atom. The van der Waals surface area contributed by atoms with Crippen molar-refractivity contribution >= 4 is 21.9 Å². The van der Waals surface area contributed by atoms with Gasteiger partial charge in [0.2, 0.25) is 21.9 Å². The standard InChI is InChI=1S/C11H19N5O3S/c1-2-13-11-14-7-9(8-15-11)20(18,19)16-6-4-3-5-10(12)17/h7-8,16H,2-6H2,1H3,(H2,12,17)(H,13,14,15). The number of sulfonamides is 1. The van der Waals surface area contributed by atoms with Gasteiger partial charge in [0, 0.05) is 19.5 Å². The Bertz CT molecular complexity index is 529. The highest BCUT2D eigenvalue weighted by Crippen LogP contribution is 2.07. The molecule has 1 aromatic rings. The van der Waals surface area contributed by atoms with Gasteiger partial charge in [-0.1, -0.05) is 0 Å². The number of unbranched alkanes of at least 4 members (excludes halogenated alkanes) is 1. The number of nitrogens with zero attached hydrogens (tertiary/aromatic N) is 2. The van der Waals surface area contributed by atoms with Crippen LogP contribution in [0.2, 0.25) is 0 Å². The number of rotatable bonds is 9. The monoisotopic (exact) mass is 301 g/mol. The molecule has 112 valence electrons. The number of amides is 1. The summed E-state index contributed by atoms with van der Waals surface area (Å²) in [7, 11) is -3.61. The molecular weight excluding hydrogens is 282 g/mol. The number of hydrogen-bond donors (Lipinski definition) is 3. The Kier molecular flexibility index (Phi) is 6.32. The lowest BCUT2D eigenvalue weighted by Gasteiger charge is -2.06. The minimum Gasteiger partial charge on any atom is -0.370 e. The summed E-state index contributed by atoms with van der Waals surface area (Å²) in [5.41, 5.74) is 4.99. The van der Waals surface area contributed by atoms with Crippen LogP contribution in [0.5, 0.6) is 0 Å². The molecule has 20 heavy (non-hydrogen) atoms. The molecule has 0 aliphatic rings. The van der Waals surface area contributed by atoms with Crippen molar-refractivity contribution in [3.63, 3.8) is 0 Å². The van der Waals surface area contributed by atoms with Crippen LogP contribution in [0.25, 0.3) is 0 Å². The number of hydrogen-bond acceptors (Lipinski definition) is 6. The van der Waals surface area contributed by atoms with E-state index < -0.39 is 10.0 Å². The van der Waals surface area contributed by atoms with Gasteiger partial charge in [0.05, 0.1) is 12.4 Å². The number of carbonyl (C=O) groups is 1. The Labute approximate surface area is 118 Å². The first-order chi connectivity index (χ1) is 9.45. The predicted octanol–water partition coefficient (Wildman–Crippen LogP) is -0.158. The molecule has 0 unspecified atom stereocenters. The van der Waals surface area contributed by atoms with E-state index in [1.54, 1.807) is 0 Å². The maximum Gasteiger partial charge on any atom is 0.243 e. The summed E-state index contributed by atoms with van der Waals surface area (Å²) < 4.78 is 26.2. The van der Waals surface area contributed by atoms with E-state index in [1.807, 2.05) is 6.92 Å². The van der Waals surface area contributed by atoms with Crippen molar-refractivity contribution in [2.75, 3.05) is 18.4 Å². The average Bonchev–Trinajstić information content (AvgIpc) is 2.39. The Hall–Kier alpha value is -1.74. The molecule has 0 spiro atoms. The molecule has 1 amide bonds. The van der Waals surface area contributed by atoms with E-state index in [0.29, 0.717) is 25.3 Å². The van der Waals surface area contributed by atoms with Crippen LogP contribution < -0.4 is 15.8 Å². The molecular formula is C11H19N5O3S. The van der Waals surface area contributed by atoms with Crippen molar-refractivity contribution in [2.24, 2.45) is 5.73 Å².